The topological polar surface area (TPSA) is 163 Å². The summed E-state index contributed by atoms with van der Waals surface area (Å²) in [5.74, 6) is 0.558. The highest BCUT2D eigenvalue weighted by Crippen LogP contribution is 2.27. The van der Waals surface area contributed by atoms with E-state index in [2.05, 4.69) is 75.3 Å². The van der Waals surface area contributed by atoms with Gasteiger partial charge in [-0.05, 0) is 103 Å². The number of likely N-dealkylation sites (N-methyl/N-ethyl adjacent to an activating group) is 1. The van der Waals surface area contributed by atoms with Gasteiger partial charge in [-0.3, -0.25) is 24.5 Å². The molecule has 4 N–H and O–H groups in total. The number of carbonyl (C=O) groups is 2. The summed E-state index contributed by atoms with van der Waals surface area (Å²) in [4.78, 5) is 55.5. The van der Waals surface area contributed by atoms with Crippen LogP contribution in [-0.2, 0) is 13.1 Å². The highest BCUT2D eigenvalue weighted by atomic mass is 16.2. The Morgan fingerprint density at radius 2 is 1.13 bits per heavy atom. The number of rotatable bonds is 14. The zero-order valence-corrected chi connectivity index (χ0v) is 37.6. The number of quaternary nitrogens is 1. The second kappa shape index (κ2) is 19.9. The number of amides is 2. The van der Waals surface area contributed by atoms with Crippen LogP contribution in [0.15, 0.2) is 159 Å². The minimum absolute atomic E-state index is 0.177. The number of aryl methyl sites for hydroxylation is 2. The van der Waals surface area contributed by atoms with Crippen molar-refractivity contribution in [1.29, 1.82) is 0 Å². The number of pyridine rings is 2. The third-order valence-corrected chi connectivity index (χ3v) is 12.1. The van der Waals surface area contributed by atoms with Crippen LogP contribution in [-0.4, -0.2) is 84.3 Å². The lowest BCUT2D eigenvalue weighted by molar-refractivity contribution is -0.926. The van der Waals surface area contributed by atoms with Crippen LogP contribution >= 0.6 is 0 Å². The highest BCUT2D eigenvalue weighted by molar-refractivity contribution is 6.05. The smallest absolute Gasteiger partial charge is 0.255 e. The third-order valence-electron chi connectivity index (χ3n) is 12.1. The Morgan fingerprint density at radius 3 is 1.70 bits per heavy atom. The molecule has 14 nitrogen and oxygen atoms in total. The van der Waals surface area contributed by atoms with E-state index in [0.29, 0.717) is 34.4 Å². The summed E-state index contributed by atoms with van der Waals surface area (Å²) in [6.07, 6.45) is 12.2. The maximum Gasteiger partial charge on any atom is 0.255 e. The van der Waals surface area contributed by atoms with E-state index in [1.165, 1.54) is 5.56 Å². The van der Waals surface area contributed by atoms with Crippen LogP contribution in [0.5, 0.6) is 0 Å². The van der Waals surface area contributed by atoms with E-state index in [4.69, 9.17) is 0 Å². The summed E-state index contributed by atoms with van der Waals surface area (Å²) in [6, 6.07) is 36.8. The number of hydrogen-bond donors (Lipinski definition) is 4. The summed E-state index contributed by atoms with van der Waals surface area (Å²) in [5, 5.41) is 12.7. The first-order valence-corrected chi connectivity index (χ1v) is 22.2. The lowest BCUT2D eigenvalue weighted by Crippen LogP contribution is -2.56. The Balaban J connectivity index is 0.732. The van der Waals surface area contributed by atoms with Crippen molar-refractivity contribution < 1.29 is 14.1 Å². The quantitative estimate of drug-likeness (QED) is 0.0770. The summed E-state index contributed by atoms with van der Waals surface area (Å²) >= 11 is 0. The minimum atomic E-state index is -0.178. The van der Waals surface area contributed by atoms with Gasteiger partial charge in [-0.25, -0.2) is 19.9 Å². The zero-order chi connectivity index (χ0) is 46.2. The van der Waals surface area contributed by atoms with E-state index < -0.39 is 0 Å². The molecule has 0 aliphatic carbocycles. The van der Waals surface area contributed by atoms with Crippen molar-refractivity contribution in [3.05, 3.63) is 192 Å². The largest absolute Gasteiger partial charge is 0.324 e. The van der Waals surface area contributed by atoms with E-state index >= 15 is 0 Å². The molecule has 4 aromatic carbocycles. The Morgan fingerprint density at radius 1 is 0.582 bits per heavy atom. The number of hydrogen-bond acceptors (Lipinski definition) is 11. The second-order valence-corrected chi connectivity index (χ2v) is 17.2. The van der Waals surface area contributed by atoms with Crippen LogP contribution in [0.3, 0.4) is 0 Å². The molecular formula is C53H51N12O2+. The van der Waals surface area contributed by atoms with E-state index in [1.54, 1.807) is 43.4 Å². The first-order chi connectivity index (χ1) is 32.6. The molecule has 8 aromatic rings. The van der Waals surface area contributed by atoms with Gasteiger partial charge in [0.15, 0.2) is 0 Å². The number of benzene rings is 4. The summed E-state index contributed by atoms with van der Waals surface area (Å²) in [6.45, 7) is 9.59. The van der Waals surface area contributed by atoms with Gasteiger partial charge in [0.2, 0.25) is 11.9 Å². The predicted octanol–water partition coefficient (Wildman–Crippen LogP) is 9.46. The minimum Gasteiger partial charge on any atom is -0.324 e. The molecular weight excluding hydrogens is 837 g/mol. The SMILES string of the molecule is Cc1ccc(NC(=O)c2ccc(CN3CC[N+](C)(Cc4ccc(C(=O)Nc5ccc(C)c(Nc6nccc(-c7cccnc7)n6)c5)cc4)CC3)cc2)cc1Nc1ncc(-c2cccnc2)cn1. The van der Waals surface area contributed by atoms with E-state index in [9.17, 15) is 9.59 Å². The Bertz CT molecular complexity index is 2980. The first-order valence-electron chi connectivity index (χ1n) is 22.2. The second-order valence-electron chi connectivity index (χ2n) is 17.2. The summed E-state index contributed by atoms with van der Waals surface area (Å²) in [7, 11) is 2.30. The van der Waals surface area contributed by atoms with Crippen molar-refractivity contribution in [2.45, 2.75) is 26.9 Å². The number of nitrogens with one attached hydrogen (secondary N) is 4. The monoisotopic (exact) mass is 887 g/mol. The van der Waals surface area contributed by atoms with Crippen LogP contribution < -0.4 is 21.3 Å². The van der Waals surface area contributed by atoms with Crippen LogP contribution in [0.25, 0.3) is 22.4 Å². The normalized spacial score (nSPS) is 13.4. The fourth-order valence-corrected chi connectivity index (χ4v) is 8.01. The molecule has 0 bridgehead atoms. The Kier molecular flexibility index (Phi) is 13.1. The van der Waals surface area contributed by atoms with E-state index in [1.807, 2.05) is 117 Å². The molecule has 5 heterocycles. The third kappa shape index (κ3) is 11.2. The van der Waals surface area contributed by atoms with Gasteiger partial charge in [-0.15, -0.1) is 0 Å². The standard InChI is InChI=1S/C53H50N12O2/c1-36-8-18-45(28-48(36)62-52-57-32-44(33-58-52)42-6-4-21-54-30-42)59-50(66)40-14-10-38(11-15-40)34-64-24-26-65(3,27-25-64)35-39-12-16-41(17-13-39)51(67)60-46-19-9-37(2)49(29-46)63-53-56-23-20-47(61-53)43-7-5-22-55-31-43/h4-23,28-33H,24-27,34-35H2,1-3H3,(H3-,56,57,58,59,60,61,62,63,66,67)/p+1. The predicted molar refractivity (Wildman–Crippen MR) is 263 cm³/mol. The van der Waals surface area contributed by atoms with Crippen molar-refractivity contribution in [3.63, 3.8) is 0 Å². The van der Waals surface area contributed by atoms with E-state index in [0.717, 1.165) is 94.2 Å². The molecule has 4 aromatic heterocycles. The number of piperazine rings is 1. The lowest BCUT2D eigenvalue weighted by Gasteiger charge is -2.42. The molecule has 334 valence electrons. The highest BCUT2D eigenvalue weighted by Gasteiger charge is 2.29. The van der Waals surface area contributed by atoms with Gasteiger partial charge in [0.25, 0.3) is 11.8 Å². The molecule has 1 fully saturated rings. The Hall–Kier alpha value is -8.20. The molecule has 67 heavy (non-hydrogen) atoms. The molecule has 14 heteroatoms. The number of aromatic nitrogens is 6. The average Bonchev–Trinajstić information content (AvgIpc) is 3.35. The average molecular weight is 888 g/mol. The van der Waals surface area contributed by atoms with Gasteiger partial charge in [-0.2, -0.15) is 0 Å². The van der Waals surface area contributed by atoms with E-state index in [-0.39, 0.29) is 11.8 Å². The number of anilines is 6. The van der Waals surface area contributed by atoms with Crippen molar-refractivity contribution in [2.24, 2.45) is 0 Å². The van der Waals surface area contributed by atoms with Crippen molar-refractivity contribution in [2.75, 3.05) is 54.5 Å². The lowest BCUT2D eigenvalue weighted by atomic mass is 10.1. The molecule has 1 aliphatic heterocycles. The molecule has 0 saturated carbocycles. The molecule has 0 unspecified atom stereocenters. The number of nitrogens with zero attached hydrogens (tertiary/aromatic N) is 8. The fourth-order valence-electron chi connectivity index (χ4n) is 8.01. The van der Waals surface area contributed by atoms with Gasteiger partial charge < -0.3 is 25.8 Å². The first kappa shape index (κ1) is 44.0. The molecule has 0 spiro atoms. The van der Waals surface area contributed by atoms with Crippen molar-refractivity contribution in [1.82, 2.24) is 34.8 Å². The maximum absolute atomic E-state index is 13.4. The van der Waals surface area contributed by atoms with Gasteiger partial charge in [0.05, 0.1) is 25.8 Å². The molecule has 0 atom stereocenters. The maximum atomic E-state index is 13.4. The molecule has 9 rings (SSSR count). The van der Waals surface area contributed by atoms with Crippen LogP contribution in [0.2, 0.25) is 0 Å². The van der Waals surface area contributed by atoms with Gasteiger partial charge in [0, 0.05) is 119 Å². The molecule has 0 radical (unpaired) electrons. The van der Waals surface area contributed by atoms with Crippen LogP contribution in [0.4, 0.5) is 34.6 Å². The van der Waals surface area contributed by atoms with Crippen molar-refractivity contribution in [3.8, 4) is 22.4 Å². The Labute approximate surface area is 389 Å². The number of carbonyl (C=O) groups excluding carboxylic acids is 2. The van der Waals surface area contributed by atoms with Gasteiger partial charge >= 0.3 is 0 Å². The summed E-state index contributed by atoms with van der Waals surface area (Å²) in [5.41, 5.74) is 11.9. The fraction of sp³-hybridized carbons (Fsp3) is 0.170. The van der Waals surface area contributed by atoms with Gasteiger partial charge in [0.1, 0.15) is 6.54 Å². The summed E-state index contributed by atoms with van der Waals surface area (Å²) < 4.78 is 0.914. The van der Waals surface area contributed by atoms with Crippen LogP contribution in [0.1, 0.15) is 43.0 Å². The molecule has 1 aliphatic rings. The van der Waals surface area contributed by atoms with Gasteiger partial charge in [-0.1, -0.05) is 42.5 Å². The molecule has 1 saturated heterocycles. The molecule has 2 amide bonds. The van der Waals surface area contributed by atoms with Crippen LogP contribution in [0, 0.1) is 13.8 Å². The van der Waals surface area contributed by atoms with Crippen molar-refractivity contribution >= 4 is 46.5 Å². The zero-order valence-electron chi connectivity index (χ0n) is 37.6.